The summed E-state index contributed by atoms with van der Waals surface area (Å²) in [6, 6.07) is 5.29. The van der Waals surface area contributed by atoms with E-state index in [9.17, 15) is 9.59 Å². The van der Waals surface area contributed by atoms with Crippen LogP contribution in [0.1, 0.15) is 13.3 Å². The van der Waals surface area contributed by atoms with E-state index in [1.807, 2.05) is 6.07 Å². The van der Waals surface area contributed by atoms with Crippen LogP contribution in [0.5, 0.6) is 0 Å². The van der Waals surface area contributed by atoms with Crippen molar-refractivity contribution in [3.05, 3.63) is 32.9 Å². The van der Waals surface area contributed by atoms with Crippen molar-refractivity contribution in [1.29, 1.82) is 0 Å². The van der Waals surface area contributed by atoms with Gasteiger partial charge in [-0.3, -0.25) is 14.2 Å². The van der Waals surface area contributed by atoms with E-state index in [1.54, 1.807) is 23.6 Å². The standard InChI is InChI=1S/C12H12ClNO3S/c1-2-17-11(15)5-6-14-9-7-8(13)3-4-10(9)18-12(14)16/h3-4,7H,2,5-6H2,1H3. The number of benzene rings is 1. The zero-order valence-corrected chi connectivity index (χ0v) is 11.4. The molecule has 18 heavy (non-hydrogen) atoms. The number of halogens is 1. The smallest absolute Gasteiger partial charge is 0.308 e. The number of aromatic nitrogens is 1. The number of rotatable bonds is 4. The molecule has 0 radical (unpaired) electrons. The van der Waals surface area contributed by atoms with Gasteiger partial charge in [0.25, 0.3) is 0 Å². The molecule has 0 aliphatic heterocycles. The fourth-order valence-electron chi connectivity index (χ4n) is 1.68. The summed E-state index contributed by atoms with van der Waals surface area (Å²) in [5.41, 5.74) is 0.766. The molecule has 0 amide bonds. The highest BCUT2D eigenvalue weighted by Gasteiger charge is 2.10. The Morgan fingerprint density at radius 1 is 1.50 bits per heavy atom. The van der Waals surface area contributed by atoms with E-state index >= 15 is 0 Å². The van der Waals surface area contributed by atoms with Gasteiger partial charge in [0, 0.05) is 11.6 Å². The summed E-state index contributed by atoms with van der Waals surface area (Å²) in [5.74, 6) is -0.300. The molecule has 1 aromatic carbocycles. The first-order chi connectivity index (χ1) is 8.61. The second kappa shape index (κ2) is 5.54. The molecule has 0 saturated carbocycles. The summed E-state index contributed by atoms with van der Waals surface area (Å²) in [6.45, 7) is 2.42. The fourth-order valence-corrected chi connectivity index (χ4v) is 2.75. The number of hydrogen-bond acceptors (Lipinski definition) is 4. The predicted octanol–water partition coefficient (Wildman–Crippen LogP) is 2.67. The lowest BCUT2D eigenvalue weighted by Gasteiger charge is -2.04. The molecule has 0 aliphatic carbocycles. The molecular formula is C12H12ClNO3S. The van der Waals surface area contributed by atoms with Gasteiger partial charge < -0.3 is 4.74 Å². The van der Waals surface area contributed by atoms with Gasteiger partial charge in [0.15, 0.2) is 0 Å². The van der Waals surface area contributed by atoms with Gasteiger partial charge in [-0.25, -0.2) is 0 Å². The summed E-state index contributed by atoms with van der Waals surface area (Å²) in [4.78, 5) is 23.0. The van der Waals surface area contributed by atoms with Gasteiger partial charge in [-0.1, -0.05) is 22.9 Å². The molecule has 0 bridgehead atoms. The minimum absolute atomic E-state index is 0.0865. The van der Waals surface area contributed by atoms with Crippen molar-refractivity contribution in [2.75, 3.05) is 6.61 Å². The van der Waals surface area contributed by atoms with Crippen LogP contribution in [-0.4, -0.2) is 17.1 Å². The Morgan fingerprint density at radius 3 is 3.00 bits per heavy atom. The third-order valence-electron chi connectivity index (χ3n) is 2.47. The number of thiazole rings is 1. The van der Waals surface area contributed by atoms with Crippen molar-refractivity contribution < 1.29 is 9.53 Å². The van der Waals surface area contributed by atoms with E-state index in [4.69, 9.17) is 16.3 Å². The molecular weight excluding hydrogens is 274 g/mol. The van der Waals surface area contributed by atoms with E-state index in [2.05, 4.69) is 0 Å². The third-order valence-corrected chi connectivity index (χ3v) is 3.67. The summed E-state index contributed by atoms with van der Waals surface area (Å²) in [6.07, 6.45) is 0.187. The Hall–Kier alpha value is -1.33. The van der Waals surface area contributed by atoms with Crippen molar-refractivity contribution in [3.63, 3.8) is 0 Å². The minimum Gasteiger partial charge on any atom is -0.466 e. The second-order valence-electron chi connectivity index (χ2n) is 3.69. The van der Waals surface area contributed by atoms with Crippen molar-refractivity contribution in [2.24, 2.45) is 0 Å². The minimum atomic E-state index is -0.300. The van der Waals surface area contributed by atoms with Crippen molar-refractivity contribution in [2.45, 2.75) is 19.9 Å². The van der Waals surface area contributed by atoms with Crippen LogP contribution in [0.25, 0.3) is 10.2 Å². The third kappa shape index (κ3) is 2.73. The first-order valence-corrected chi connectivity index (χ1v) is 6.75. The highest BCUT2D eigenvalue weighted by molar-refractivity contribution is 7.16. The largest absolute Gasteiger partial charge is 0.466 e. The van der Waals surface area contributed by atoms with Crippen LogP contribution in [-0.2, 0) is 16.1 Å². The van der Waals surface area contributed by atoms with E-state index < -0.39 is 0 Å². The maximum atomic E-state index is 11.8. The number of esters is 1. The predicted molar refractivity (Wildman–Crippen MR) is 72.3 cm³/mol. The molecule has 1 heterocycles. The first-order valence-electron chi connectivity index (χ1n) is 5.56. The molecule has 2 aromatic rings. The quantitative estimate of drug-likeness (QED) is 0.812. The lowest BCUT2D eigenvalue weighted by atomic mass is 10.3. The maximum Gasteiger partial charge on any atom is 0.308 e. The zero-order valence-electron chi connectivity index (χ0n) is 9.81. The number of ether oxygens (including phenoxy) is 1. The van der Waals surface area contributed by atoms with Crippen LogP contribution in [0.15, 0.2) is 23.0 Å². The monoisotopic (exact) mass is 285 g/mol. The molecule has 0 spiro atoms. The fraction of sp³-hybridized carbons (Fsp3) is 0.333. The average Bonchev–Trinajstić information content (AvgIpc) is 2.62. The summed E-state index contributed by atoms with van der Waals surface area (Å²) < 4.78 is 7.27. The summed E-state index contributed by atoms with van der Waals surface area (Å²) in [7, 11) is 0. The first kappa shape index (κ1) is 13.1. The molecule has 4 nitrogen and oxygen atoms in total. The Balaban J connectivity index is 2.27. The van der Waals surface area contributed by atoms with Gasteiger partial charge in [0.1, 0.15) is 0 Å². The van der Waals surface area contributed by atoms with E-state index in [1.165, 1.54) is 0 Å². The van der Waals surface area contributed by atoms with Crippen molar-refractivity contribution in [1.82, 2.24) is 4.57 Å². The van der Waals surface area contributed by atoms with Crippen LogP contribution in [0.3, 0.4) is 0 Å². The highest BCUT2D eigenvalue weighted by Crippen LogP contribution is 2.21. The normalized spacial score (nSPS) is 10.8. The van der Waals surface area contributed by atoms with Gasteiger partial charge in [0.2, 0.25) is 0 Å². The van der Waals surface area contributed by atoms with Crippen LogP contribution in [0, 0.1) is 0 Å². The SMILES string of the molecule is CCOC(=O)CCn1c(=O)sc2ccc(Cl)cc21. The molecule has 0 N–H and O–H groups in total. The Morgan fingerprint density at radius 2 is 2.28 bits per heavy atom. The lowest BCUT2D eigenvalue weighted by molar-refractivity contribution is -0.143. The number of carbonyl (C=O) groups is 1. The van der Waals surface area contributed by atoms with Crippen molar-refractivity contribution in [3.8, 4) is 0 Å². The summed E-state index contributed by atoms with van der Waals surface area (Å²) in [5, 5.41) is 0.574. The average molecular weight is 286 g/mol. The topological polar surface area (TPSA) is 48.3 Å². The van der Waals surface area contributed by atoms with Crippen LogP contribution < -0.4 is 4.87 Å². The Labute approximate surface area is 113 Å². The van der Waals surface area contributed by atoms with Crippen LogP contribution >= 0.6 is 22.9 Å². The van der Waals surface area contributed by atoms with Crippen molar-refractivity contribution >= 4 is 39.1 Å². The van der Waals surface area contributed by atoms with Crippen LogP contribution in [0.4, 0.5) is 0 Å². The van der Waals surface area contributed by atoms with Gasteiger partial charge in [0.05, 0.1) is 23.2 Å². The Bertz CT molecular complexity index is 632. The van der Waals surface area contributed by atoms with Gasteiger partial charge in [-0.15, -0.1) is 0 Å². The molecule has 2 rings (SSSR count). The van der Waals surface area contributed by atoms with E-state index in [0.29, 0.717) is 18.2 Å². The number of aryl methyl sites for hydroxylation is 1. The van der Waals surface area contributed by atoms with E-state index in [0.717, 1.165) is 21.6 Å². The molecule has 0 saturated heterocycles. The van der Waals surface area contributed by atoms with Gasteiger partial charge in [-0.05, 0) is 25.1 Å². The second-order valence-corrected chi connectivity index (χ2v) is 5.12. The number of hydrogen-bond donors (Lipinski definition) is 0. The molecule has 0 aliphatic rings. The zero-order chi connectivity index (χ0) is 13.1. The summed E-state index contributed by atoms with van der Waals surface area (Å²) >= 11 is 7.06. The molecule has 0 fully saturated rings. The highest BCUT2D eigenvalue weighted by atomic mass is 35.5. The van der Waals surface area contributed by atoms with Gasteiger partial charge >= 0.3 is 10.8 Å². The van der Waals surface area contributed by atoms with E-state index in [-0.39, 0.29) is 17.3 Å². The number of nitrogens with zero attached hydrogens (tertiary/aromatic N) is 1. The lowest BCUT2D eigenvalue weighted by Crippen LogP contribution is -2.16. The van der Waals surface area contributed by atoms with Gasteiger partial charge in [-0.2, -0.15) is 0 Å². The molecule has 0 atom stereocenters. The number of fused-ring (bicyclic) bond motifs is 1. The molecule has 1 aromatic heterocycles. The Kier molecular flexibility index (Phi) is 4.04. The molecule has 6 heteroatoms. The molecule has 96 valence electrons. The maximum absolute atomic E-state index is 11.8. The number of carbonyl (C=O) groups excluding carboxylic acids is 1. The van der Waals surface area contributed by atoms with Crippen LogP contribution in [0.2, 0.25) is 5.02 Å². The molecule has 0 unspecified atom stereocenters.